The van der Waals surface area contributed by atoms with Gasteiger partial charge in [-0.1, -0.05) is 121 Å². The van der Waals surface area contributed by atoms with Crippen molar-refractivity contribution in [3.8, 4) is 0 Å². The minimum absolute atomic E-state index is 0.166. The Kier molecular flexibility index (Phi) is 7.45. The first-order valence-electron chi connectivity index (χ1n) is 14.3. The second-order valence-electron chi connectivity index (χ2n) is 11.1. The van der Waals surface area contributed by atoms with Gasteiger partial charge in [0.1, 0.15) is 0 Å². The number of benzene rings is 4. The zero-order valence-electron chi connectivity index (χ0n) is 23.5. The summed E-state index contributed by atoms with van der Waals surface area (Å²) in [6, 6.07) is 38.1. The van der Waals surface area contributed by atoms with Gasteiger partial charge >= 0.3 is 6.03 Å². The summed E-state index contributed by atoms with van der Waals surface area (Å²) >= 11 is 0. The number of nitrogens with one attached hydrogen (secondary N) is 1. The quantitative estimate of drug-likeness (QED) is 0.185. The molecule has 8 heteroatoms. The average Bonchev–Trinajstić information content (AvgIpc) is 3.40. The molecule has 43 heavy (non-hydrogen) atoms. The van der Waals surface area contributed by atoms with Gasteiger partial charge in [-0.05, 0) is 22.8 Å². The van der Waals surface area contributed by atoms with Crippen LogP contribution >= 0.6 is 0 Å². The predicted octanol–water partition coefficient (Wildman–Crippen LogP) is 4.11. The number of hydrogen-bond acceptors (Lipinski definition) is 6. The maximum absolute atomic E-state index is 13.6. The number of carbonyl (C=O) groups is 2. The first kappa shape index (κ1) is 28.5. The minimum atomic E-state index is -1.76. The van der Waals surface area contributed by atoms with E-state index in [2.05, 4.69) is 41.7 Å². The Hall–Kier alpha value is -4.60. The van der Waals surface area contributed by atoms with Crippen molar-refractivity contribution >= 4 is 11.8 Å². The van der Waals surface area contributed by atoms with Crippen molar-refractivity contribution in [2.45, 2.75) is 29.5 Å². The van der Waals surface area contributed by atoms with Gasteiger partial charge in [-0.15, -0.1) is 0 Å². The Morgan fingerprint density at radius 3 is 1.74 bits per heavy atom. The number of nitrogens with zero attached hydrogens (tertiary/aromatic N) is 1. The SMILES string of the molecule is NC1(C(=O)c2ccccc2)C=CN([C@@]2(N)C[C@H](C(c3ccccc3)(c3ccccc3)c3ccccc3)[C@@H](CO)O2)C(=O)N1. The van der Waals surface area contributed by atoms with Crippen LogP contribution in [-0.2, 0) is 10.2 Å². The summed E-state index contributed by atoms with van der Waals surface area (Å²) in [5, 5.41) is 13.4. The third-order valence-electron chi connectivity index (χ3n) is 8.58. The fourth-order valence-electron chi connectivity index (χ4n) is 6.63. The molecule has 0 saturated carbocycles. The Labute approximate surface area is 250 Å². The van der Waals surface area contributed by atoms with E-state index in [-0.39, 0.29) is 13.0 Å². The lowest BCUT2D eigenvalue weighted by molar-refractivity contribution is -0.121. The van der Waals surface area contributed by atoms with E-state index in [9.17, 15) is 14.7 Å². The maximum atomic E-state index is 13.6. The first-order valence-corrected chi connectivity index (χ1v) is 14.3. The lowest BCUT2D eigenvalue weighted by Crippen LogP contribution is -2.69. The van der Waals surface area contributed by atoms with E-state index in [0.29, 0.717) is 5.56 Å². The predicted molar refractivity (Wildman–Crippen MR) is 163 cm³/mol. The number of rotatable bonds is 8. The zero-order valence-corrected chi connectivity index (χ0v) is 23.5. The summed E-state index contributed by atoms with van der Waals surface area (Å²) in [6.07, 6.45) is 2.24. The van der Waals surface area contributed by atoms with Gasteiger partial charge in [0.2, 0.25) is 11.6 Å². The zero-order chi connectivity index (χ0) is 30.1. The number of carbonyl (C=O) groups excluding carboxylic acids is 2. The molecule has 218 valence electrons. The number of urea groups is 1. The van der Waals surface area contributed by atoms with Gasteiger partial charge < -0.3 is 15.2 Å². The molecule has 0 aliphatic carbocycles. The molecule has 0 aromatic heterocycles. The molecular weight excluding hydrogens is 540 g/mol. The molecule has 2 amide bonds. The second-order valence-corrected chi connectivity index (χ2v) is 11.1. The van der Waals surface area contributed by atoms with Crippen LogP contribution in [-0.4, -0.2) is 46.0 Å². The fourth-order valence-corrected chi connectivity index (χ4v) is 6.63. The Morgan fingerprint density at radius 1 is 0.837 bits per heavy atom. The number of aliphatic hydroxyl groups excluding tert-OH is 1. The van der Waals surface area contributed by atoms with E-state index in [1.165, 1.54) is 17.2 Å². The minimum Gasteiger partial charge on any atom is -0.394 e. The average molecular weight is 575 g/mol. The molecule has 6 N–H and O–H groups in total. The highest BCUT2D eigenvalue weighted by Gasteiger charge is 2.58. The van der Waals surface area contributed by atoms with Crippen LogP contribution in [0, 0.1) is 5.92 Å². The van der Waals surface area contributed by atoms with E-state index in [1.54, 1.807) is 30.3 Å². The van der Waals surface area contributed by atoms with E-state index in [4.69, 9.17) is 16.2 Å². The molecule has 0 radical (unpaired) electrons. The molecule has 4 atom stereocenters. The molecule has 8 nitrogen and oxygen atoms in total. The number of Topliss-reactive ketones (excluding diaryl/α,β-unsaturated/α-hetero) is 1. The van der Waals surface area contributed by atoms with Crippen molar-refractivity contribution in [1.82, 2.24) is 10.2 Å². The van der Waals surface area contributed by atoms with Gasteiger partial charge in [0.05, 0.1) is 18.1 Å². The van der Waals surface area contributed by atoms with Crippen LogP contribution in [0.5, 0.6) is 0 Å². The van der Waals surface area contributed by atoms with Gasteiger partial charge in [-0.25, -0.2) is 4.79 Å². The third-order valence-corrected chi connectivity index (χ3v) is 8.58. The summed E-state index contributed by atoms with van der Waals surface area (Å²) in [5.74, 6) is -2.52. The second kappa shape index (κ2) is 11.2. The van der Waals surface area contributed by atoms with E-state index < -0.39 is 40.8 Å². The van der Waals surface area contributed by atoms with E-state index >= 15 is 0 Å². The summed E-state index contributed by atoms with van der Waals surface area (Å²) in [6.45, 7) is -0.329. The molecule has 0 bridgehead atoms. The molecule has 0 spiro atoms. The lowest BCUT2D eigenvalue weighted by atomic mass is 9.59. The number of ether oxygens (including phenoxy) is 1. The monoisotopic (exact) mass is 574 g/mol. The molecule has 2 aliphatic rings. The van der Waals surface area contributed by atoms with Crippen LogP contribution in [0.4, 0.5) is 4.79 Å². The number of ketones is 1. The number of hydrogen-bond donors (Lipinski definition) is 4. The number of nitrogens with two attached hydrogens (primary N) is 2. The van der Waals surface area contributed by atoms with E-state index in [1.807, 2.05) is 54.6 Å². The molecule has 4 aromatic carbocycles. The smallest absolute Gasteiger partial charge is 0.326 e. The molecular formula is C35H34N4O4. The summed E-state index contributed by atoms with van der Waals surface area (Å²) in [7, 11) is 0. The van der Waals surface area contributed by atoms with Crippen molar-refractivity contribution in [1.29, 1.82) is 0 Å². The van der Waals surface area contributed by atoms with Crippen LogP contribution < -0.4 is 16.8 Å². The topological polar surface area (TPSA) is 131 Å². The standard InChI is InChI=1S/C35H34N4O4/c36-33(31(41)25-13-5-1-6-14-25)21-22-39(32(42)38-33)34(37)23-29(30(24-40)43-34)35(26-15-7-2-8-16-26,27-17-9-3-10-18-27)28-19-11-4-12-20-28/h1-22,29-30,40H,23-24,36-37H2,(H,38,42)/t29-,30+,33?,34-/m0/s1. The van der Waals surface area contributed by atoms with Crippen LogP contribution in [0.25, 0.3) is 0 Å². The fraction of sp³-hybridized carbons (Fsp3) is 0.200. The summed E-state index contributed by atoms with van der Waals surface area (Å²) in [5.41, 5.74) is 14.1. The van der Waals surface area contributed by atoms with Crippen LogP contribution in [0.2, 0.25) is 0 Å². The molecule has 4 aromatic rings. The molecule has 2 aliphatic heterocycles. The summed E-state index contributed by atoms with van der Waals surface area (Å²) < 4.78 is 6.42. The highest BCUT2D eigenvalue weighted by molar-refractivity contribution is 6.06. The van der Waals surface area contributed by atoms with Crippen LogP contribution in [0.3, 0.4) is 0 Å². The largest absolute Gasteiger partial charge is 0.394 e. The van der Waals surface area contributed by atoms with Gasteiger partial charge in [-0.3, -0.25) is 21.2 Å². The highest BCUT2D eigenvalue weighted by Crippen LogP contribution is 2.53. The third kappa shape index (κ3) is 4.84. The Morgan fingerprint density at radius 2 is 1.30 bits per heavy atom. The normalized spacial score (nSPS) is 25.4. The van der Waals surface area contributed by atoms with Crippen LogP contribution in [0.15, 0.2) is 134 Å². The molecule has 2 heterocycles. The molecule has 1 unspecified atom stereocenters. The van der Waals surface area contributed by atoms with Crippen molar-refractivity contribution in [3.63, 3.8) is 0 Å². The molecule has 1 fully saturated rings. The Bertz CT molecular complexity index is 1520. The summed E-state index contributed by atoms with van der Waals surface area (Å²) in [4.78, 5) is 28.1. The van der Waals surface area contributed by atoms with Crippen molar-refractivity contribution in [2.24, 2.45) is 17.4 Å². The Balaban J connectivity index is 1.44. The van der Waals surface area contributed by atoms with Gasteiger partial charge in [0.25, 0.3) is 0 Å². The highest BCUT2D eigenvalue weighted by atomic mass is 16.6. The van der Waals surface area contributed by atoms with Gasteiger partial charge in [0, 0.05) is 24.1 Å². The maximum Gasteiger partial charge on any atom is 0.326 e. The van der Waals surface area contributed by atoms with Crippen molar-refractivity contribution < 1.29 is 19.4 Å². The van der Waals surface area contributed by atoms with Gasteiger partial charge in [0.15, 0.2) is 5.66 Å². The van der Waals surface area contributed by atoms with Crippen molar-refractivity contribution in [2.75, 3.05) is 6.61 Å². The van der Waals surface area contributed by atoms with Gasteiger partial charge in [-0.2, -0.15) is 0 Å². The first-order chi connectivity index (χ1) is 20.8. The molecule has 6 rings (SSSR count). The lowest BCUT2D eigenvalue weighted by Gasteiger charge is -2.43. The number of aliphatic hydroxyl groups is 1. The van der Waals surface area contributed by atoms with Crippen molar-refractivity contribution in [3.05, 3.63) is 156 Å². The van der Waals surface area contributed by atoms with E-state index in [0.717, 1.165) is 16.7 Å². The number of amides is 2. The molecule has 1 saturated heterocycles. The van der Waals surface area contributed by atoms with Crippen LogP contribution in [0.1, 0.15) is 33.5 Å².